The maximum absolute atomic E-state index is 13.5. The van der Waals surface area contributed by atoms with E-state index in [0.29, 0.717) is 25.0 Å². The molecule has 3 atom stereocenters. The SMILES string of the molecule is O=C(Nc1ccccc1)[C@@H]1CCCN1C(=O)NC1CC2CCC(C1)N2Cc1ccc2cc(F)ccc2c1. The van der Waals surface area contributed by atoms with E-state index in [2.05, 4.69) is 27.7 Å². The van der Waals surface area contributed by atoms with Gasteiger partial charge in [0.05, 0.1) is 0 Å². The van der Waals surface area contributed by atoms with Crippen molar-refractivity contribution >= 4 is 28.4 Å². The Labute approximate surface area is 216 Å². The standard InChI is InChI=1S/C30H33FN4O2/c31-23-11-10-21-15-20(8-9-22(21)16-23)19-35-26-12-13-27(35)18-25(17-26)33-30(37)34-14-4-7-28(34)29(36)32-24-5-2-1-3-6-24/h1-3,5-6,8-11,15-16,25-28H,4,7,12-14,17-19H2,(H,32,36)(H,33,37)/t25?,26?,27?,28-/m0/s1. The molecule has 3 amide bonds. The van der Waals surface area contributed by atoms with Gasteiger partial charge in [-0.2, -0.15) is 0 Å². The molecule has 192 valence electrons. The zero-order valence-corrected chi connectivity index (χ0v) is 20.9. The Morgan fingerprint density at radius 1 is 0.892 bits per heavy atom. The molecule has 3 aromatic carbocycles. The molecule has 2 bridgehead atoms. The predicted molar refractivity (Wildman–Crippen MR) is 143 cm³/mol. The second kappa shape index (κ2) is 10.1. The molecule has 2 unspecified atom stereocenters. The summed E-state index contributed by atoms with van der Waals surface area (Å²) < 4.78 is 13.5. The van der Waals surface area contributed by atoms with Crippen molar-refractivity contribution in [1.29, 1.82) is 0 Å². The number of rotatable bonds is 5. The molecular weight excluding hydrogens is 467 g/mol. The largest absolute Gasteiger partial charge is 0.335 e. The van der Waals surface area contributed by atoms with E-state index in [1.54, 1.807) is 11.0 Å². The number of nitrogens with zero attached hydrogens (tertiary/aromatic N) is 2. The van der Waals surface area contributed by atoms with Gasteiger partial charge < -0.3 is 15.5 Å². The third-order valence-electron chi connectivity index (χ3n) is 8.30. The molecule has 3 saturated heterocycles. The average Bonchev–Trinajstić information content (AvgIpc) is 3.47. The van der Waals surface area contributed by atoms with E-state index in [-0.39, 0.29) is 23.8 Å². The number of piperidine rings is 1. The molecule has 0 saturated carbocycles. The molecule has 7 heteroatoms. The van der Waals surface area contributed by atoms with Crippen LogP contribution in [0.2, 0.25) is 0 Å². The number of carbonyl (C=O) groups excluding carboxylic acids is 2. The summed E-state index contributed by atoms with van der Waals surface area (Å²) in [6.07, 6.45) is 5.66. The Hall–Kier alpha value is -3.45. The number of likely N-dealkylation sites (tertiary alicyclic amines) is 1. The van der Waals surface area contributed by atoms with Crippen molar-refractivity contribution in [2.24, 2.45) is 0 Å². The van der Waals surface area contributed by atoms with Crippen LogP contribution in [0, 0.1) is 5.82 Å². The molecule has 3 aliphatic rings. The van der Waals surface area contributed by atoms with Crippen LogP contribution >= 0.6 is 0 Å². The van der Waals surface area contributed by atoms with Gasteiger partial charge >= 0.3 is 6.03 Å². The van der Waals surface area contributed by atoms with Gasteiger partial charge in [-0.25, -0.2) is 9.18 Å². The second-order valence-corrected chi connectivity index (χ2v) is 10.7. The molecule has 0 radical (unpaired) electrons. The van der Waals surface area contributed by atoms with Crippen molar-refractivity contribution in [1.82, 2.24) is 15.1 Å². The van der Waals surface area contributed by atoms with Gasteiger partial charge in [0.25, 0.3) is 0 Å². The van der Waals surface area contributed by atoms with E-state index in [4.69, 9.17) is 0 Å². The Bertz CT molecular complexity index is 1290. The van der Waals surface area contributed by atoms with Gasteiger partial charge in [-0.3, -0.25) is 9.69 Å². The van der Waals surface area contributed by atoms with Crippen molar-refractivity contribution in [2.45, 2.75) is 69.2 Å². The van der Waals surface area contributed by atoms with E-state index in [0.717, 1.165) is 55.1 Å². The first-order chi connectivity index (χ1) is 18.0. The summed E-state index contributed by atoms with van der Waals surface area (Å²) in [5.74, 6) is -0.327. The van der Waals surface area contributed by atoms with Crippen LogP contribution in [0.15, 0.2) is 66.7 Å². The van der Waals surface area contributed by atoms with Crippen LogP contribution in [0.4, 0.5) is 14.9 Å². The maximum atomic E-state index is 13.5. The van der Waals surface area contributed by atoms with Gasteiger partial charge in [0.2, 0.25) is 5.91 Å². The number of amides is 3. The Morgan fingerprint density at radius 2 is 1.62 bits per heavy atom. The average molecular weight is 501 g/mol. The summed E-state index contributed by atoms with van der Waals surface area (Å²) >= 11 is 0. The fourth-order valence-electron chi connectivity index (χ4n) is 6.51. The summed E-state index contributed by atoms with van der Waals surface area (Å²) in [5.41, 5.74) is 1.99. The Morgan fingerprint density at radius 3 is 2.41 bits per heavy atom. The summed E-state index contributed by atoms with van der Waals surface area (Å²) in [4.78, 5) is 30.4. The number of hydrogen-bond donors (Lipinski definition) is 2. The Balaban J connectivity index is 1.06. The zero-order valence-electron chi connectivity index (χ0n) is 20.9. The number of para-hydroxylation sites is 1. The topological polar surface area (TPSA) is 64.7 Å². The van der Waals surface area contributed by atoms with Gasteiger partial charge in [-0.05, 0) is 85.2 Å². The minimum absolute atomic E-state index is 0.119. The number of fused-ring (bicyclic) bond motifs is 3. The third-order valence-corrected chi connectivity index (χ3v) is 8.30. The highest BCUT2D eigenvalue weighted by Gasteiger charge is 2.42. The molecule has 6 rings (SSSR count). The summed E-state index contributed by atoms with van der Waals surface area (Å²) in [6.45, 7) is 1.48. The van der Waals surface area contributed by atoms with Crippen LogP contribution in [-0.4, -0.2) is 52.5 Å². The van der Waals surface area contributed by atoms with E-state index in [9.17, 15) is 14.0 Å². The molecule has 3 aromatic rings. The molecule has 3 aliphatic heterocycles. The first-order valence-corrected chi connectivity index (χ1v) is 13.4. The van der Waals surface area contributed by atoms with Crippen molar-refractivity contribution < 1.29 is 14.0 Å². The molecule has 6 nitrogen and oxygen atoms in total. The number of halogens is 1. The van der Waals surface area contributed by atoms with E-state index in [1.807, 2.05) is 42.5 Å². The molecule has 0 aliphatic carbocycles. The normalized spacial score (nSPS) is 25.4. The van der Waals surface area contributed by atoms with Crippen LogP contribution in [0.5, 0.6) is 0 Å². The molecule has 3 heterocycles. The van der Waals surface area contributed by atoms with Gasteiger partial charge in [0.1, 0.15) is 11.9 Å². The van der Waals surface area contributed by atoms with E-state index in [1.165, 1.54) is 11.6 Å². The number of anilines is 1. The van der Waals surface area contributed by atoms with Crippen LogP contribution in [0.1, 0.15) is 44.1 Å². The smallest absolute Gasteiger partial charge is 0.318 e. The minimum Gasteiger partial charge on any atom is -0.335 e. The Kier molecular flexibility index (Phi) is 6.55. The van der Waals surface area contributed by atoms with Crippen molar-refractivity contribution in [2.75, 3.05) is 11.9 Å². The summed E-state index contributed by atoms with van der Waals surface area (Å²) in [7, 11) is 0. The molecule has 0 spiro atoms. The lowest BCUT2D eigenvalue weighted by molar-refractivity contribution is -0.119. The molecule has 3 fully saturated rings. The highest BCUT2D eigenvalue weighted by molar-refractivity contribution is 5.97. The van der Waals surface area contributed by atoms with Gasteiger partial charge in [-0.15, -0.1) is 0 Å². The number of nitrogens with one attached hydrogen (secondary N) is 2. The van der Waals surface area contributed by atoms with E-state index >= 15 is 0 Å². The lowest BCUT2D eigenvalue weighted by atomic mass is 9.96. The van der Waals surface area contributed by atoms with Gasteiger partial charge in [0, 0.05) is 36.9 Å². The van der Waals surface area contributed by atoms with Crippen molar-refractivity contribution in [3.05, 3.63) is 78.1 Å². The van der Waals surface area contributed by atoms with Crippen LogP contribution in [-0.2, 0) is 11.3 Å². The van der Waals surface area contributed by atoms with Gasteiger partial charge in [0.15, 0.2) is 0 Å². The summed E-state index contributed by atoms with van der Waals surface area (Å²) in [5, 5.41) is 8.20. The third kappa shape index (κ3) is 5.05. The lowest BCUT2D eigenvalue weighted by Gasteiger charge is -2.40. The number of hydrogen-bond acceptors (Lipinski definition) is 3. The molecule has 2 N–H and O–H groups in total. The number of urea groups is 1. The van der Waals surface area contributed by atoms with Crippen molar-refractivity contribution in [3.8, 4) is 0 Å². The zero-order chi connectivity index (χ0) is 25.4. The first kappa shape index (κ1) is 23.9. The number of carbonyl (C=O) groups is 2. The minimum atomic E-state index is -0.432. The van der Waals surface area contributed by atoms with Crippen LogP contribution in [0.25, 0.3) is 10.8 Å². The van der Waals surface area contributed by atoms with Crippen LogP contribution < -0.4 is 10.6 Å². The fraction of sp³-hybridized carbons (Fsp3) is 0.400. The first-order valence-electron chi connectivity index (χ1n) is 13.4. The quantitative estimate of drug-likeness (QED) is 0.501. The molecule has 0 aromatic heterocycles. The summed E-state index contributed by atoms with van der Waals surface area (Å²) in [6, 6.07) is 21.0. The van der Waals surface area contributed by atoms with E-state index < -0.39 is 6.04 Å². The molecular formula is C30H33FN4O2. The van der Waals surface area contributed by atoms with Crippen molar-refractivity contribution in [3.63, 3.8) is 0 Å². The predicted octanol–water partition coefficient (Wildman–Crippen LogP) is 5.29. The second-order valence-electron chi connectivity index (χ2n) is 10.7. The monoisotopic (exact) mass is 500 g/mol. The molecule has 37 heavy (non-hydrogen) atoms. The van der Waals surface area contributed by atoms with Gasteiger partial charge in [-0.1, -0.05) is 36.4 Å². The van der Waals surface area contributed by atoms with Crippen LogP contribution in [0.3, 0.4) is 0 Å². The highest BCUT2D eigenvalue weighted by Crippen LogP contribution is 2.37. The fourth-order valence-corrected chi connectivity index (χ4v) is 6.51. The number of benzene rings is 3. The highest BCUT2D eigenvalue weighted by atomic mass is 19.1. The maximum Gasteiger partial charge on any atom is 0.318 e. The lowest BCUT2D eigenvalue weighted by Crippen LogP contribution is -2.54.